The van der Waals surface area contributed by atoms with E-state index < -0.39 is 0 Å². The maximum Gasteiger partial charge on any atom is 0.215 e. The van der Waals surface area contributed by atoms with Crippen LogP contribution in [0.4, 0.5) is 0 Å². The highest BCUT2D eigenvalue weighted by Gasteiger charge is 2.16. The van der Waals surface area contributed by atoms with Crippen LogP contribution in [-0.4, -0.2) is 26.6 Å². The number of pyridine rings is 1. The molecule has 0 spiro atoms. The monoisotopic (exact) mass is 322 g/mol. The van der Waals surface area contributed by atoms with Crippen LogP contribution in [0.25, 0.3) is 11.2 Å². The second kappa shape index (κ2) is 5.99. The number of hydrogen-bond acceptors (Lipinski definition) is 5. The lowest BCUT2D eigenvalue weighted by molar-refractivity contribution is 0.398. The van der Waals surface area contributed by atoms with Crippen LogP contribution in [0.3, 0.4) is 0 Å². The zero-order chi connectivity index (χ0) is 14.8. The quantitative estimate of drug-likeness (QED) is 0.675. The van der Waals surface area contributed by atoms with E-state index in [4.69, 9.17) is 16.3 Å². The van der Waals surface area contributed by atoms with E-state index in [0.29, 0.717) is 11.8 Å². The molecular weight excluding hydrogens is 308 g/mol. The Labute approximate surface area is 131 Å². The van der Waals surface area contributed by atoms with Crippen molar-refractivity contribution in [2.45, 2.75) is 25.3 Å². The first kappa shape index (κ1) is 14.3. The maximum absolute atomic E-state index is 6.03. The molecule has 0 bridgehead atoms. The van der Waals surface area contributed by atoms with Gasteiger partial charge < -0.3 is 9.30 Å². The van der Waals surface area contributed by atoms with Crippen molar-refractivity contribution in [3.8, 4) is 5.88 Å². The van der Waals surface area contributed by atoms with Crippen LogP contribution >= 0.6 is 22.9 Å². The Balaban J connectivity index is 2.02. The molecular formula is C14H15ClN4OS. The molecule has 0 aliphatic carbocycles. The van der Waals surface area contributed by atoms with Crippen LogP contribution in [0.2, 0.25) is 0 Å². The molecule has 0 amide bonds. The number of nitrogens with zero attached hydrogens (tertiary/aromatic N) is 4. The largest absolute Gasteiger partial charge is 0.481 e. The van der Waals surface area contributed by atoms with Gasteiger partial charge in [0.15, 0.2) is 5.65 Å². The predicted molar refractivity (Wildman–Crippen MR) is 84.2 cm³/mol. The lowest BCUT2D eigenvalue weighted by atomic mass is 10.2. The molecule has 3 heterocycles. The minimum Gasteiger partial charge on any atom is -0.481 e. The number of methoxy groups -OCH3 is 1. The summed E-state index contributed by atoms with van der Waals surface area (Å²) >= 11 is 7.69. The highest BCUT2D eigenvalue weighted by Crippen LogP contribution is 2.25. The molecule has 0 saturated carbocycles. The number of aromatic nitrogens is 4. The topological polar surface area (TPSA) is 52.8 Å². The summed E-state index contributed by atoms with van der Waals surface area (Å²) in [5, 5.41) is 3.09. The molecule has 3 aromatic heterocycles. The van der Waals surface area contributed by atoms with Gasteiger partial charge in [0.05, 0.1) is 18.0 Å². The minimum atomic E-state index is 0.275. The van der Waals surface area contributed by atoms with Crippen molar-refractivity contribution < 1.29 is 4.74 Å². The van der Waals surface area contributed by atoms with Crippen molar-refractivity contribution in [2.75, 3.05) is 7.11 Å². The summed E-state index contributed by atoms with van der Waals surface area (Å²) in [4.78, 5) is 13.4. The van der Waals surface area contributed by atoms with Crippen molar-refractivity contribution in [3.63, 3.8) is 0 Å². The average Bonchev–Trinajstić information content (AvgIpc) is 3.14. The van der Waals surface area contributed by atoms with Gasteiger partial charge in [0, 0.05) is 30.1 Å². The molecule has 0 N–H and O–H groups in total. The zero-order valence-corrected chi connectivity index (χ0v) is 13.4. The third-order valence-corrected chi connectivity index (χ3v) is 4.55. The summed E-state index contributed by atoms with van der Waals surface area (Å²) in [6.07, 6.45) is 1.83. The van der Waals surface area contributed by atoms with Crippen LogP contribution in [0, 0.1) is 0 Å². The number of rotatable bonds is 5. The van der Waals surface area contributed by atoms with Gasteiger partial charge in [-0.25, -0.2) is 9.97 Å². The molecule has 7 heteroatoms. The molecule has 1 atom stereocenters. The molecule has 5 nitrogen and oxygen atoms in total. The molecule has 0 saturated heterocycles. The van der Waals surface area contributed by atoms with Crippen molar-refractivity contribution in [3.05, 3.63) is 34.5 Å². The number of hydrogen-bond donors (Lipinski definition) is 0. The molecule has 1 unspecified atom stereocenters. The third kappa shape index (κ3) is 2.73. The van der Waals surface area contributed by atoms with E-state index in [1.807, 2.05) is 23.7 Å². The molecule has 0 fully saturated rings. The van der Waals surface area contributed by atoms with E-state index >= 15 is 0 Å². The summed E-state index contributed by atoms with van der Waals surface area (Å²) < 4.78 is 7.25. The van der Waals surface area contributed by atoms with Gasteiger partial charge in [-0.15, -0.1) is 22.9 Å². The smallest absolute Gasteiger partial charge is 0.215 e. The van der Waals surface area contributed by atoms with E-state index in [1.165, 1.54) is 0 Å². The maximum atomic E-state index is 6.03. The standard InChI is InChI=1S/C14H15ClN4OS/c1-9(14-16-5-6-21-14)8-19-11(7-15)17-10-3-4-12(20-2)18-13(10)19/h3-6,9H,7-8H2,1-2H3. The fourth-order valence-electron chi connectivity index (χ4n) is 2.27. The normalized spacial score (nSPS) is 12.7. The van der Waals surface area contributed by atoms with Gasteiger partial charge in [0.2, 0.25) is 5.88 Å². The Kier molecular flexibility index (Phi) is 4.07. The van der Waals surface area contributed by atoms with E-state index in [2.05, 4.69) is 26.4 Å². The van der Waals surface area contributed by atoms with Crippen LogP contribution in [0.5, 0.6) is 5.88 Å². The second-order valence-corrected chi connectivity index (χ2v) is 5.93. The molecule has 0 aliphatic heterocycles. The van der Waals surface area contributed by atoms with Crippen molar-refractivity contribution >= 4 is 34.1 Å². The van der Waals surface area contributed by atoms with Crippen LogP contribution in [0.15, 0.2) is 23.7 Å². The van der Waals surface area contributed by atoms with Crippen molar-refractivity contribution in [1.29, 1.82) is 0 Å². The van der Waals surface area contributed by atoms with Gasteiger partial charge in [-0.2, -0.15) is 4.98 Å². The summed E-state index contributed by atoms with van der Waals surface area (Å²) in [7, 11) is 1.61. The van der Waals surface area contributed by atoms with Gasteiger partial charge in [-0.1, -0.05) is 6.92 Å². The van der Waals surface area contributed by atoms with Gasteiger partial charge in [-0.05, 0) is 6.07 Å². The van der Waals surface area contributed by atoms with E-state index in [-0.39, 0.29) is 5.92 Å². The lowest BCUT2D eigenvalue weighted by Gasteiger charge is -2.12. The molecule has 0 aliphatic rings. The Morgan fingerprint density at radius 2 is 2.24 bits per heavy atom. The van der Waals surface area contributed by atoms with Gasteiger partial charge in [0.25, 0.3) is 0 Å². The molecule has 110 valence electrons. The first-order valence-corrected chi connectivity index (χ1v) is 8.00. The highest BCUT2D eigenvalue weighted by molar-refractivity contribution is 7.09. The minimum absolute atomic E-state index is 0.275. The molecule has 21 heavy (non-hydrogen) atoms. The first-order valence-electron chi connectivity index (χ1n) is 6.58. The van der Waals surface area contributed by atoms with Crippen LogP contribution in [-0.2, 0) is 12.4 Å². The van der Waals surface area contributed by atoms with Gasteiger partial charge >= 0.3 is 0 Å². The number of halogens is 1. The van der Waals surface area contributed by atoms with Crippen LogP contribution in [0.1, 0.15) is 23.7 Å². The number of fused-ring (bicyclic) bond motifs is 1. The Morgan fingerprint density at radius 1 is 1.38 bits per heavy atom. The number of thiazole rings is 1. The number of alkyl halides is 1. The fourth-order valence-corrected chi connectivity index (χ4v) is 3.16. The Bertz CT molecular complexity index is 741. The summed E-state index contributed by atoms with van der Waals surface area (Å²) in [6.45, 7) is 2.88. The highest BCUT2D eigenvalue weighted by atomic mass is 35.5. The third-order valence-electron chi connectivity index (χ3n) is 3.30. The molecule has 3 rings (SSSR count). The van der Waals surface area contributed by atoms with Crippen LogP contribution < -0.4 is 4.74 Å². The fraction of sp³-hybridized carbons (Fsp3) is 0.357. The zero-order valence-electron chi connectivity index (χ0n) is 11.8. The Hall–Kier alpha value is -1.66. The number of imidazole rings is 1. The van der Waals surface area contributed by atoms with Crippen molar-refractivity contribution in [2.24, 2.45) is 0 Å². The molecule has 3 aromatic rings. The summed E-state index contributed by atoms with van der Waals surface area (Å²) in [5.74, 6) is 2.02. The molecule has 0 radical (unpaired) electrons. The molecule has 0 aromatic carbocycles. The van der Waals surface area contributed by atoms with Gasteiger partial charge in [0.1, 0.15) is 11.3 Å². The SMILES string of the molecule is COc1ccc2nc(CCl)n(CC(C)c3nccs3)c2n1. The lowest BCUT2D eigenvalue weighted by Crippen LogP contribution is -2.09. The van der Waals surface area contributed by atoms with E-state index in [9.17, 15) is 0 Å². The first-order chi connectivity index (χ1) is 10.2. The van der Waals surface area contributed by atoms with E-state index in [1.54, 1.807) is 18.4 Å². The predicted octanol–water partition coefficient (Wildman–Crippen LogP) is 3.44. The number of ether oxygens (including phenoxy) is 1. The van der Waals surface area contributed by atoms with E-state index in [0.717, 1.165) is 28.5 Å². The Morgan fingerprint density at radius 3 is 2.90 bits per heavy atom. The summed E-state index contributed by atoms with van der Waals surface area (Å²) in [6, 6.07) is 3.71. The van der Waals surface area contributed by atoms with Crippen molar-refractivity contribution in [1.82, 2.24) is 19.5 Å². The second-order valence-electron chi connectivity index (χ2n) is 4.74. The van der Waals surface area contributed by atoms with Gasteiger partial charge in [-0.3, -0.25) is 0 Å². The summed E-state index contributed by atoms with van der Waals surface area (Å²) in [5.41, 5.74) is 1.63. The average molecular weight is 323 g/mol.